The summed E-state index contributed by atoms with van der Waals surface area (Å²) in [6.07, 6.45) is 46.5. The Morgan fingerprint density at radius 1 is 0.485 bits per heavy atom. The molecule has 6 fully saturated rings. The van der Waals surface area contributed by atoms with Crippen LogP contribution in [0.2, 0.25) is 13.3 Å². The summed E-state index contributed by atoms with van der Waals surface area (Å²) in [5.41, 5.74) is 5.67. The van der Waals surface area contributed by atoms with Gasteiger partial charge in [-0.1, -0.05) is 131 Å². The van der Waals surface area contributed by atoms with Crippen LogP contribution in [-0.4, -0.2) is 32.0 Å². The monoisotopic (exact) mass is 1050 g/mol. The Hall–Kier alpha value is 0.239. The second-order valence-corrected chi connectivity index (χ2v) is 38.6. The van der Waals surface area contributed by atoms with Gasteiger partial charge in [-0.3, -0.25) is 0 Å². The number of hydrogen-bond donors (Lipinski definition) is 0. The van der Waals surface area contributed by atoms with Gasteiger partial charge in [0.1, 0.15) is 0 Å². The summed E-state index contributed by atoms with van der Waals surface area (Å²) in [7, 11) is 0. The Bertz CT molecular complexity index is 1480. The third-order valence-corrected chi connectivity index (χ3v) is 34.3. The molecule has 0 aromatic rings. The van der Waals surface area contributed by atoms with E-state index in [0.29, 0.717) is 33.9 Å². The first-order valence-corrected chi connectivity index (χ1v) is 38.6. The quantitative estimate of drug-likeness (QED) is 0.0822. The van der Waals surface area contributed by atoms with Crippen molar-refractivity contribution in [1.82, 2.24) is 0 Å². The molecule has 0 heterocycles. The van der Waals surface area contributed by atoms with Crippen molar-refractivity contribution in [2.75, 3.05) is 0 Å². The van der Waals surface area contributed by atoms with Gasteiger partial charge in [-0.2, -0.15) is 0 Å². The molecule has 8 aliphatic carbocycles. The van der Waals surface area contributed by atoms with Gasteiger partial charge in [0.2, 0.25) is 0 Å². The first kappa shape index (κ1) is 56.0. The molecule has 2 unspecified atom stereocenters. The third-order valence-electron chi connectivity index (χ3n) is 23.8. The van der Waals surface area contributed by atoms with E-state index >= 15 is 0 Å². The second-order valence-electron chi connectivity index (χ2n) is 28.7. The molecule has 68 heavy (non-hydrogen) atoms. The first-order valence-electron chi connectivity index (χ1n) is 31.6. The van der Waals surface area contributed by atoms with Crippen LogP contribution in [0, 0.1) is 92.7 Å². The number of hydrogen-bond acceptors (Lipinski definition) is 1. The summed E-state index contributed by atoms with van der Waals surface area (Å²) < 4.78 is 12.3. The fourth-order valence-electron chi connectivity index (χ4n) is 19.7. The SMILES string of the molecule is CC(C)CCC[C@@H](C)[C@H]1CC[C@H]2[C@@H]3CC=C4CC(OC5CC[C@@]6(C)C(=CC[C@H]7[C@@H]8CC[C@H]([C@H](C)CCCC(C)C)[C@@]8(C)CC[C@@H]76)C5)CC[C@]4(C)[C@H]3CC[C@]12C.CCC[CH2][SnH]([CH2]CCC)[CH2]CCC. The Balaban J connectivity index is 0.000000461. The van der Waals surface area contributed by atoms with Gasteiger partial charge in [0.25, 0.3) is 0 Å². The summed E-state index contributed by atoms with van der Waals surface area (Å²) in [5, 5.41) is 0. The molecule has 0 saturated heterocycles. The minimum absolute atomic E-state index is 0.428. The normalized spacial score (nSPS) is 40.5. The predicted octanol–water partition coefficient (Wildman–Crippen LogP) is 20.4. The molecule has 6 saturated carbocycles. The zero-order valence-electron chi connectivity index (χ0n) is 48.1. The van der Waals surface area contributed by atoms with Crippen molar-refractivity contribution in [2.45, 2.75) is 295 Å². The van der Waals surface area contributed by atoms with E-state index in [4.69, 9.17) is 4.74 Å². The van der Waals surface area contributed by atoms with Crippen LogP contribution in [0.25, 0.3) is 0 Å². The molecular weight excluding hydrogens is 927 g/mol. The van der Waals surface area contributed by atoms with E-state index < -0.39 is 19.8 Å². The van der Waals surface area contributed by atoms with Crippen LogP contribution in [0.3, 0.4) is 0 Å². The Morgan fingerprint density at radius 3 is 1.25 bits per heavy atom. The zero-order valence-corrected chi connectivity index (χ0v) is 51.4. The minimum atomic E-state index is -0.967. The van der Waals surface area contributed by atoms with Crippen LogP contribution < -0.4 is 0 Å². The fraction of sp³-hybridized carbons (Fsp3) is 0.939. The maximum atomic E-state index is 7.26. The molecule has 0 aromatic heterocycles. The number of rotatable bonds is 21. The second kappa shape index (κ2) is 24.7. The molecule has 16 atom stereocenters. The molecule has 0 amide bonds. The van der Waals surface area contributed by atoms with E-state index in [1.54, 1.807) is 13.3 Å². The van der Waals surface area contributed by atoms with Gasteiger partial charge in [0, 0.05) is 0 Å². The van der Waals surface area contributed by atoms with Crippen LogP contribution in [-0.2, 0) is 4.74 Å². The van der Waals surface area contributed by atoms with Crippen LogP contribution in [0.5, 0.6) is 0 Å². The number of ether oxygens (including phenoxy) is 1. The van der Waals surface area contributed by atoms with Crippen LogP contribution >= 0.6 is 0 Å². The van der Waals surface area contributed by atoms with E-state index in [9.17, 15) is 0 Å². The summed E-state index contributed by atoms with van der Waals surface area (Å²) in [4.78, 5) is 0. The zero-order chi connectivity index (χ0) is 48.9. The number of fused-ring (bicyclic) bond motifs is 10. The molecule has 2 heteroatoms. The van der Waals surface area contributed by atoms with Crippen LogP contribution in [0.4, 0.5) is 0 Å². The Kier molecular flexibility index (Phi) is 20.4. The van der Waals surface area contributed by atoms with Gasteiger partial charge in [-0.25, -0.2) is 0 Å². The van der Waals surface area contributed by atoms with Gasteiger partial charge < -0.3 is 4.74 Å². The number of allylic oxidation sites excluding steroid dienone is 2. The summed E-state index contributed by atoms with van der Waals surface area (Å²) in [6, 6.07) is 0. The average Bonchev–Trinajstić information content (AvgIpc) is 3.86. The molecule has 0 bridgehead atoms. The molecule has 392 valence electrons. The van der Waals surface area contributed by atoms with Crippen molar-refractivity contribution in [3.05, 3.63) is 23.3 Å². The fourth-order valence-corrected chi connectivity index (χ4v) is 30.6. The molecule has 8 rings (SSSR count). The molecule has 8 aliphatic rings. The molecule has 0 N–H and O–H groups in total. The molecule has 0 aliphatic heterocycles. The summed E-state index contributed by atoms with van der Waals surface area (Å²) >= 11 is -0.967. The number of unbranched alkanes of at least 4 members (excludes halogenated alkanes) is 3. The molecule has 0 spiro atoms. The van der Waals surface area contributed by atoms with E-state index in [2.05, 4.69) is 102 Å². The third kappa shape index (κ3) is 12.2. The summed E-state index contributed by atoms with van der Waals surface area (Å²) in [5.74, 6) is 11.1. The van der Waals surface area contributed by atoms with Gasteiger partial charge in [0.05, 0.1) is 12.2 Å². The molecule has 0 aromatic carbocycles. The van der Waals surface area contributed by atoms with Gasteiger partial charge in [0.15, 0.2) is 0 Å². The average molecular weight is 1050 g/mol. The topological polar surface area (TPSA) is 9.23 Å². The van der Waals surface area contributed by atoms with Gasteiger partial charge in [-0.05, 0) is 195 Å². The summed E-state index contributed by atoms with van der Waals surface area (Å²) in [6.45, 7) is 32.9. The standard InChI is InChI=1S/C54H90O.3C4H9.Sn.H/c1-35(2)13-11-15-37(5)45-21-23-47-43-19-17-39-33-41(25-29-51(39,7)49(43)27-31-53(45,47)9)55-42-26-30-52(8)40(34-42)18-20-44-48-24-22-46(38(6)16-12-14-36(3)4)54(48,10)32-28-50(44)52;3*1-3-4-2;;/h17-18,35-38,41-50H,11-16,19-34H2,1-10H3;3*1,3-4H2,2H3;;/t37-,38-,41?,42?,43+,44+,45-,46-,47+,48+,49+,50+,51+,52+,53-,54-;;;;;/m1...../s1. The van der Waals surface area contributed by atoms with Crippen molar-refractivity contribution >= 4 is 19.8 Å². The van der Waals surface area contributed by atoms with E-state index in [1.165, 1.54) is 180 Å². The van der Waals surface area contributed by atoms with Gasteiger partial charge >= 0.3 is 92.4 Å². The van der Waals surface area contributed by atoms with Crippen LogP contribution in [0.1, 0.15) is 270 Å². The van der Waals surface area contributed by atoms with E-state index in [1.807, 2.05) is 11.1 Å². The van der Waals surface area contributed by atoms with Crippen molar-refractivity contribution < 1.29 is 4.74 Å². The van der Waals surface area contributed by atoms with E-state index in [-0.39, 0.29) is 0 Å². The maximum absolute atomic E-state index is 7.26. The molecule has 0 radical (unpaired) electrons. The van der Waals surface area contributed by atoms with Crippen molar-refractivity contribution in [1.29, 1.82) is 0 Å². The van der Waals surface area contributed by atoms with E-state index in [0.717, 1.165) is 71.0 Å². The van der Waals surface area contributed by atoms with Gasteiger partial charge in [-0.15, -0.1) is 0 Å². The molecular formula is C66H118OSn. The van der Waals surface area contributed by atoms with Crippen molar-refractivity contribution in [2.24, 2.45) is 92.7 Å². The predicted molar refractivity (Wildman–Crippen MR) is 301 cm³/mol. The first-order chi connectivity index (χ1) is 32.5. The molecule has 1 nitrogen and oxygen atoms in total. The Labute approximate surface area is 433 Å². The van der Waals surface area contributed by atoms with Crippen molar-refractivity contribution in [3.63, 3.8) is 0 Å². The Morgan fingerprint density at radius 2 is 0.882 bits per heavy atom. The van der Waals surface area contributed by atoms with Crippen LogP contribution in [0.15, 0.2) is 23.3 Å². The van der Waals surface area contributed by atoms with Crippen molar-refractivity contribution in [3.8, 4) is 0 Å².